The molecule has 1 atom stereocenters. The Labute approximate surface area is 120 Å². The largest absolute Gasteiger partial charge is 0.493 e. The van der Waals surface area contributed by atoms with Crippen molar-refractivity contribution in [3.05, 3.63) is 24.3 Å². The molecule has 6 heteroatoms. The molecule has 0 aromatic heterocycles. The van der Waals surface area contributed by atoms with Crippen molar-refractivity contribution in [3.8, 4) is 11.5 Å². The van der Waals surface area contributed by atoms with Gasteiger partial charge in [0.25, 0.3) is 0 Å². The first kappa shape index (κ1) is 15.1. The number of rotatable bonds is 7. The Kier molecular flexibility index (Phi) is 5.25. The van der Waals surface area contributed by atoms with Gasteiger partial charge in [-0.15, -0.1) is 0 Å². The zero-order valence-corrected chi connectivity index (χ0v) is 12.5. The summed E-state index contributed by atoms with van der Waals surface area (Å²) in [7, 11) is -1.17. The van der Waals surface area contributed by atoms with Gasteiger partial charge in [0.1, 0.15) is 6.61 Å². The molecule has 1 N–H and O–H groups in total. The van der Waals surface area contributed by atoms with Gasteiger partial charge in [0.2, 0.25) is 0 Å². The maximum absolute atomic E-state index is 11.3. The number of benzene rings is 1. The van der Waals surface area contributed by atoms with E-state index in [0.717, 1.165) is 24.5 Å². The van der Waals surface area contributed by atoms with Crippen LogP contribution in [-0.4, -0.2) is 46.7 Å². The van der Waals surface area contributed by atoms with Gasteiger partial charge in [0, 0.05) is 6.54 Å². The smallest absolute Gasteiger partial charge is 0.161 e. The molecule has 2 rings (SSSR count). The van der Waals surface area contributed by atoms with Crippen molar-refractivity contribution in [2.45, 2.75) is 6.42 Å². The molecule has 1 aliphatic heterocycles. The lowest BCUT2D eigenvalue weighted by Crippen LogP contribution is -2.27. The summed E-state index contributed by atoms with van der Waals surface area (Å²) in [6.45, 7) is 1.95. The Balaban J connectivity index is 1.65. The van der Waals surface area contributed by atoms with Crippen LogP contribution in [0.15, 0.2) is 24.3 Å². The average molecular weight is 299 g/mol. The number of para-hydroxylation sites is 2. The van der Waals surface area contributed by atoms with Crippen molar-refractivity contribution in [2.75, 3.05) is 38.3 Å². The van der Waals surface area contributed by atoms with E-state index < -0.39 is 9.84 Å². The minimum Gasteiger partial charge on any atom is -0.493 e. The lowest BCUT2D eigenvalue weighted by atomic mass is 10.1. The van der Waals surface area contributed by atoms with Gasteiger partial charge in [0.15, 0.2) is 21.3 Å². The van der Waals surface area contributed by atoms with E-state index in [9.17, 15) is 8.42 Å². The molecule has 1 unspecified atom stereocenters. The molecule has 0 radical (unpaired) electrons. The fourth-order valence-electron chi connectivity index (χ4n) is 2.31. The van der Waals surface area contributed by atoms with E-state index in [-0.39, 0.29) is 5.92 Å². The quantitative estimate of drug-likeness (QED) is 0.764. The maximum Gasteiger partial charge on any atom is 0.161 e. The fraction of sp³-hybridized carbons (Fsp3) is 0.571. The SMILES string of the molecule is COc1ccccc1OCCNCC1CCS(=O)(=O)C1. The molecule has 1 fully saturated rings. The molecule has 1 aliphatic rings. The molecule has 0 saturated carbocycles. The van der Waals surface area contributed by atoms with Crippen LogP contribution in [-0.2, 0) is 9.84 Å². The molecular weight excluding hydrogens is 278 g/mol. The highest BCUT2D eigenvalue weighted by molar-refractivity contribution is 7.91. The highest BCUT2D eigenvalue weighted by Crippen LogP contribution is 2.25. The highest BCUT2D eigenvalue weighted by Gasteiger charge is 2.27. The number of sulfone groups is 1. The van der Waals surface area contributed by atoms with E-state index in [1.807, 2.05) is 24.3 Å². The van der Waals surface area contributed by atoms with Crippen LogP contribution in [0.4, 0.5) is 0 Å². The predicted octanol–water partition coefficient (Wildman–Crippen LogP) is 1.10. The summed E-state index contributed by atoms with van der Waals surface area (Å²) in [5, 5.41) is 3.24. The van der Waals surface area contributed by atoms with E-state index >= 15 is 0 Å². The molecule has 1 aromatic rings. The van der Waals surface area contributed by atoms with E-state index in [1.54, 1.807) is 7.11 Å². The topological polar surface area (TPSA) is 64.6 Å². The van der Waals surface area contributed by atoms with Crippen molar-refractivity contribution in [1.29, 1.82) is 0 Å². The highest BCUT2D eigenvalue weighted by atomic mass is 32.2. The Hall–Kier alpha value is -1.27. The summed E-state index contributed by atoms with van der Waals surface area (Å²) in [6, 6.07) is 7.51. The lowest BCUT2D eigenvalue weighted by molar-refractivity contribution is 0.290. The van der Waals surface area contributed by atoms with Crippen molar-refractivity contribution in [2.24, 2.45) is 5.92 Å². The monoisotopic (exact) mass is 299 g/mol. The van der Waals surface area contributed by atoms with Gasteiger partial charge in [-0.3, -0.25) is 0 Å². The van der Waals surface area contributed by atoms with Gasteiger partial charge in [-0.25, -0.2) is 8.42 Å². The van der Waals surface area contributed by atoms with Crippen molar-refractivity contribution < 1.29 is 17.9 Å². The summed E-state index contributed by atoms with van der Waals surface area (Å²) in [4.78, 5) is 0. The molecule has 0 spiro atoms. The standard InChI is InChI=1S/C14H21NO4S/c1-18-13-4-2-3-5-14(13)19-8-7-15-10-12-6-9-20(16,17)11-12/h2-5,12,15H,6-11H2,1H3. The summed E-state index contributed by atoms with van der Waals surface area (Å²) in [5.74, 6) is 2.32. The van der Waals surface area contributed by atoms with Crippen LogP contribution in [0.25, 0.3) is 0 Å². The third-order valence-electron chi connectivity index (χ3n) is 3.37. The number of methoxy groups -OCH3 is 1. The van der Waals surface area contributed by atoms with Crippen molar-refractivity contribution >= 4 is 9.84 Å². The molecule has 112 valence electrons. The van der Waals surface area contributed by atoms with Crippen LogP contribution in [0.5, 0.6) is 11.5 Å². The summed E-state index contributed by atoms with van der Waals surface area (Å²) in [5.41, 5.74) is 0. The van der Waals surface area contributed by atoms with Crippen LogP contribution in [0.1, 0.15) is 6.42 Å². The van der Waals surface area contributed by atoms with Crippen LogP contribution in [0.2, 0.25) is 0 Å². The fourth-order valence-corrected chi connectivity index (χ4v) is 4.17. The van der Waals surface area contributed by atoms with E-state index in [4.69, 9.17) is 9.47 Å². The van der Waals surface area contributed by atoms with Gasteiger partial charge in [-0.1, -0.05) is 12.1 Å². The van der Waals surface area contributed by atoms with E-state index in [0.29, 0.717) is 24.7 Å². The van der Waals surface area contributed by atoms with Gasteiger partial charge >= 0.3 is 0 Å². The molecule has 1 aromatic carbocycles. The molecule has 20 heavy (non-hydrogen) atoms. The Morgan fingerprint density at radius 2 is 2.05 bits per heavy atom. The lowest BCUT2D eigenvalue weighted by Gasteiger charge is -2.12. The third kappa shape index (κ3) is 4.38. The number of nitrogens with one attached hydrogen (secondary N) is 1. The van der Waals surface area contributed by atoms with Gasteiger partial charge in [0.05, 0.1) is 18.6 Å². The third-order valence-corrected chi connectivity index (χ3v) is 5.20. The zero-order valence-electron chi connectivity index (χ0n) is 11.7. The second-order valence-corrected chi connectivity index (χ2v) is 7.20. The minimum absolute atomic E-state index is 0.242. The summed E-state index contributed by atoms with van der Waals surface area (Å²) >= 11 is 0. The van der Waals surface area contributed by atoms with Crippen LogP contribution in [0, 0.1) is 5.92 Å². The Bertz CT molecular complexity index is 530. The second kappa shape index (κ2) is 6.95. The first-order valence-corrected chi connectivity index (χ1v) is 8.60. The number of hydrogen-bond donors (Lipinski definition) is 1. The zero-order chi connectivity index (χ0) is 14.4. The average Bonchev–Trinajstić information content (AvgIpc) is 2.78. The minimum atomic E-state index is -2.78. The summed E-state index contributed by atoms with van der Waals surface area (Å²) in [6.07, 6.45) is 0.767. The van der Waals surface area contributed by atoms with Gasteiger partial charge < -0.3 is 14.8 Å². The van der Waals surface area contributed by atoms with Crippen molar-refractivity contribution in [1.82, 2.24) is 5.32 Å². The van der Waals surface area contributed by atoms with Crippen molar-refractivity contribution in [3.63, 3.8) is 0 Å². The molecule has 5 nitrogen and oxygen atoms in total. The first-order chi connectivity index (χ1) is 9.61. The van der Waals surface area contributed by atoms with Crippen LogP contribution < -0.4 is 14.8 Å². The van der Waals surface area contributed by atoms with Crippen LogP contribution in [0.3, 0.4) is 0 Å². The van der Waals surface area contributed by atoms with E-state index in [2.05, 4.69) is 5.32 Å². The summed E-state index contributed by atoms with van der Waals surface area (Å²) < 4.78 is 33.5. The molecule has 0 aliphatic carbocycles. The molecule has 0 bridgehead atoms. The number of hydrogen-bond acceptors (Lipinski definition) is 5. The van der Waals surface area contributed by atoms with E-state index in [1.165, 1.54) is 0 Å². The van der Waals surface area contributed by atoms with Crippen LogP contribution >= 0.6 is 0 Å². The second-order valence-electron chi connectivity index (χ2n) is 4.97. The molecule has 0 amide bonds. The molecular formula is C14H21NO4S. The first-order valence-electron chi connectivity index (χ1n) is 6.78. The molecule has 1 saturated heterocycles. The Morgan fingerprint density at radius 1 is 1.30 bits per heavy atom. The van der Waals surface area contributed by atoms with Gasteiger partial charge in [-0.2, -0.15) is 0 Å². The molecule has 1 heterocycles. The Morgan fingerprint density at radius 3 is 2.70 bits per heavy atom. The number of ether oxygens (including phenoxy) is 2. The maximum atomic E-state index is 11.3. The van der Waals surface area contributed by atoms with Gasteiger partial charge in [-0.05, 0) is 31.0 Å². The predicted molar refractivity (Wildman–Crippen MR) is 78.1 cm³/mol. The normalized spacial score (nSPS) is 20.8.